The zero-order valence-electron chi connectivity index (χ0n) is 11.3. The fraction of sp³-hybridized carbons (Fsp3) is 0.615. The highest BCUT2D eigenvalue weighted by atomic mass is 16.1. The number of rotatable bonds is 5. The standard InChI is InChI=1S/C13H21N5O/c1-14-8-5-12(19)17-11-4-2-9-18(10-11)13-15-6-3-7-16-13/h3,6-7,11,14H,2,4-5,8-10H2,1H3,(H,17,19). The molecule has 1 unspecified atom stereocenters. The SMILES string of the molecule is CNCCC(=O)NC1CCCN(c2ncccn2)C1. The molecule has 0 bridgehead atoms. The normalized spacial score (nSPS) is 19.2. The Morgan fingerprint density at radius 2 is 2.26 bits per heavy atom. The van der Waals surface area contributed by atoms with Crippen LogP contribution in [0.25, 0.3) is 0 Å². The second-order valence-electron chi connectivity index (χ2n) is 4.76. The Balaban J connectivity index is 1.85. The monoisotopic (exact) mass is 263 g/mol. The fourth-order valence-corrected chi connectivity index (χ4v) is 2.27. The maximum absolute atomic E-state index is 11.7. The average molecular weight is 263 g/mol. The number of amides is 1. The number of piperidine rings is 1. The molecule has 104 valence electrons. The second-order valence-corrected chi connectivity index (χ2v) is 4.76. The lowest BCUT2D eigenvalue weighted by atomic mass is 10.1. The van der Waals surface area contributed by atoms with Crippen LogP contribution in [0.2, 0.25) is 0 Å². The van der Waals surface area contributed by atoms with Crippen molar-refractivity contribution in [3.8, 4) is 0 Å². The lowest BCUT2D eigenvalue weighted by Crippen LogP contribution is -2.48. The molecule has 6 nitrogen and oxygen atoms in total. The first-order valence-electron chi connectivity index (χ1n) is 6.75. The minimum Gasteiger partial charge on any atom is -0.352 e. The van der Waals surface area contributed by atoms with Gasteiger partial charge >= 0.3 is 0 Å². The van der Waals surface area contributed by atoms with Crippen molar-refractivity contribution in [2.75, 3.05) is 31.6 Å². The van der Waals surface area contributed by atoms with E-state index in [1.165, 1.54) is 0 Å². The second kappa shape index (κ2) is 7.04. The summed E-state index contributed by atoms with van der Waals surface area (Å²) in [6.07, 6.45) is 6.09. The molecule has 0 aliphatic carbocycles. The molecule has 2 N–H and O–H groups in total. The summed E-state index contributed by atoms with van der Waals surface area (Å²) in [6, 6.07) is 2.01. The first kappa shape index (κ1) is 13.7. The summed E-state index contributed by atoms with van der Waals surface area (Å²) in [5, 5.41) is 6.06. The Morgan fingerprint density at radius 1 is 1.47 bits per heavy atom. The van der Waals surface area contributed by atoms with Crippen molar-refractivity contribution in [3.05, 3.63) is 18.5 Å². The van der Waals surface area contributed by atoms with Crippen LogP contribution in [-0.4, -0.2) is 48.6 Å². The Hall–Kier alpha value is -1.69. The van der Waals surface area contributed by atoms with Gasteiger partial charge in [0.2, 0.25) is 11.9 Å². The third kappa shape index (κ3) is 4.17. The topological polar surface area (TPSA) is 70.2 Å². The highest BCUT2D eigenvalue weighted by Crippen LogP contribution is 2.15. The lowest BCUT2D eigenvalue weighted by molar-refractivity contribution is -0.121. The molecular weight excluding hydrogens is 242 g/mol. The van der Waals surface area contributed by atoms with Gasteiger partial charge in [-0.3, -0.25) is 4.79 Å². The van der Waals surface area contributed by atoms with E-state index in [1.807, 2.05) is 13.1 Å². The van der Waals surface area contributed by atoms with Gasteiger partial charge in [-0.1, -0.05) is 0 Å². The number of nitrogens with zero attached hydrogens (tertiary/aromatic N) is 3. The Morgan fingerprint density at radius 3 is 3.00 bits per heavy atom. The molecule has 1 aliphatic heterocycles. The van der Waals surface area contributed by atoms with Crippen LogP contribution < -0.4 is 15.5 Å². The van der Waals surface area contributed by atoms with E-state index in [4.69, 9.17) is 0 Å². The number of anilines is 1. The van der Waals surface area contributed by atoms with Gasteiger partial charge in [0.05, 0.1) is 0 Å². The van der Waals surface area contributed by atoms with E-state index in [9.17, 15) is 4.79 Å². The Kier molecular flexibility index (Phi) is 5.09. The lowest BCUT2D eigenvalue weighted by Gasteiger charge is -2.33. The molecule has 0 radical (unpaired) electrons. The van der Waals surface area contributed by atoms with Crippen LogP contribution >= 0.6 is 0 Å². The molecule has 1 atom stereocenters. The van der Waals surface area contributed by atoms with Crippen LogP contribution in [0, 0.1) is 0 Å². The van der Waals surface area contributed by atoms with Gasteiger partial charge < -0.3 is 15.5 Å². The van der Waals surface area contributed by atoms with Crippen LogP contribution in [-0.2, 0) is 4.79 Å². The predicted octanol–water partition coefficient (Wildman–Crippen LogP) is 0.171. The highest BCUT2D eigenvalue weighted by molar-refractivity contribution is 5.76. The van der Waals surface area contributed by atoms with Crippen molar-refractivity contribution in [3.63, 3.8) is 0 Å². The zero-order valence-corrected chi connectivity index (χ0v) is 11.3. The summed E-state index contributed by atoms with van der Waals surface area (Å²) < 4.78 is 0. The first-order chi connectivity index (χ1) is 9.29. The molecule has 1 aliphatic rings. The molecule has 0 saturated carbocycles. The van der Waals surface area contributed by atoms with Crippen LogP contribution in [0.1, 0.15) is 19.3 Å². The fourth-order valence-electron chi connectivity index (χ4n) is 2.27. The number of aromatic nitrogens is 2. The Labute approximate surface area is 113 Å². The largest absolute Gasteiger partial charge is 0.352 e. The summed E-state index contributed by atoms with van der Waals surface area (Å²) in [7, 11) is 1.85. The van der Waals surface area contributed by atoms with E-state index in [0.29, 0.717) is 13.0 Å². The van der Waals surface area contributed by atoms with Crippen molar-refractivity contribution in [1.29, 1.82) is 0 Å². The molecule has 6 heteroatoms. The molecule has 2 rings (SSSR count). The Bertz CT molecular complexity index is 397. The van der Waals surface area contributed by atoms with E-state index >= 15 is 0 Å². The molecule has 2 heterocycles. The number of hydrogen-bond donors (Lipinski definition) is 2. The summed E-state index contributed by atoms with van der Waals surface area (Å²) in [6.45, 7) is 2.45. The van der Waals surface area contributed by atoms with Gasteiger partial charge in [-0.05, 0) is 26.0 Å². The summed E-state index contributed by atoms with van der Waals surface area (Å²) in [4.78, 5) is 22.4. The van der Waals surface area contributed by atoms with E-state index in [1.54, 1.807) is 12.4 Å². The number of nitrogens with one attached hydrogen (secondary N) is 2. The molecule has 1 aromatic heterocycles. The van der Waals surface area contributed by atoms with Gasteiger partial charge in [0, 0.05) is 44.5 Å². The van der Waals surface area contributed by atoms with Crippen LogP contribution in [0.15, 0.2) is 18.5 Å². The van der Waals surface area contributed by atoms with Gasteiger partial charge in [-0.25, -0.2) is 9.97 Å². The summed E-state index contributed by atoms with van der Waals surface area (Å²) >= 11 is 0. The molecule has 1 amide bonds. The molecule has 1 aromatic rings. The van der Waals surface area contributed by atoms with Gasteiger partial charge in [-0.2, -0.15) is 0 Å². The molecule has 1 saturated heterocycles. The van der Waals surface area contributed by atoms with E-state index in [2.05, 4.69) is 25.5 Å². The summed E-state index contributed by atoms with van der Waals surface area (Å²) in [5.74, 6) is 0.854. The molecule has 0 spiro atoms. The molecule has 19 heavy (non-hydrogen) atoms. The van der Waals surface area contributed by atoms with Crippen LogP contribution in [0.4, 0.5) is 5.95 Å². The van der Waals surface area contributed by atoms with Crippen molar-refractivity contribution in [1.82, 2.24) is 20.6 Å². The van der Waals surface area contributed by atoms with E-state index in [-0.39, 0.29) is 11.9 Å². The number of carbonyl (C=O) groups is 1. The molecular formula is C13H21N5O. The van der Waals surface area contributed by atoms with E-state index in [0.717, 1.165) is 31.9 Å². The van der Waals surface area contributed by atoms with Crippen molar-refractivity contribution >= 4 is 11.9 Å². The molecule has 1 fully saturated rings. The number of carbonyl (C=O) groups excluding carboxylic acids is 1. The maximum atomic E-state index is 11.7. The highest BCUT2D eigenvalue weighted by Gasteiger charge is 2.22. The van der Waals surface area contributed by atoms with Crippen LogP contribution in [0.3, 0.4) is 0 Å². The quantitative estimate of drug-likeness (QED) is 0.792. The first-order valence-corrected chi connectivity index (χ1v) is 6.75. The van der Waals surface area contributed by atoms with E-state index < -0.39 is 0 Å². The average Bonchev–Trinajstić information content (AvgIpc) is 2.46. The summed E-state index contributed by atoms with van der Waals surface area (Å²) in [5.41, 5.74) is 0. The minimum atomic E-state index is 0.107. The third-order valence-electron chi connectivity index (χ3n) is 3.22. The third-order valence-corrected chi connectivity index (χ3v) is 3.22. The predicted molar refractivity (Wildman–Crippen MR) is 74.0 cm³/mol. The zero-order chi connectivity index (χ0) is 13.5. The molecule has 0 aromatic carbocycles. The van der Waals surface area contributed by atoms with Crippen molar-refractivity contribution in [2.24, 2.45) is 0 Å². The van der Waals surface area contributed by atoms with Gasteiger partial charge in [0.15, 0.2) is 0 Å². The van der Waals surface area contributed by atoms with Gasteiger partial charge in [0.1, 0.15) is 0 Å². The van der Waals surface area contributed by atoms with Crippen LogP contribution in [0.5, 0.6) is 0 Å². The smallest absolute Gasteiger partial charge is 0.225 e. The van der Waals surface area contributed by atoms with Gasteiger partial charge in [-0.15, -0.1) is 0 Å². The minimum absolute atomic E-state index is 0.107. The van der Waals surface area contributed by atoms with Gasteiger partial charge in [0.25, 0.3) is 0 Å². The maximum Gasteiger partial charge on any atom is 0.225 e. The number of hydrogen-bond acceptors (Lipinski definition) is 5. The van der Waals surface area contributed by atoms with Crippen molar-refractivity contribution < 1.29 is 4.79 Å². The van der Waals surface area contributed by atoms with Crippen molar-refractivity contribution in [2.45, 2.75) is 25.3 Å².